The average Bonchev–Trinajstić information content (AvgIpc) is 3.08. The topological polar surface area (TPSA) is 47.1 Å². The van der Waals surface area contributed by atoms with Gasteiger partial charge >= 0.3 is 0 Å². The molecule has 1 aromatic carbocycles. The predicted molar refractivity (Wildman–Crippen MR) is 87.6 cm³/mol. The highest BCUT2D eigenvalue weighted by molar-refractivity contribution is 5.67. The summed E-state index contributed by atoms with van der Waals surface area (Å²) in [6.45, 7) is 8.37. The van der Waals surface area contributed by atoms with E-state index in [9.17, 15) is 0 Å². The van der Waals surface area contributed by atoms with Gasteiger partial charge in [-0.1, -0.05) is 13.0 Å². The summed E-state index contributed by atoms with van der Waals surface area (Å²) in [5.41, 5.74) is 11.9. The lowest BCUT2D eigenvalue weighted by atomic mass is 10.1. The summed E-state index contributed by atoms with van der Waals surface area (Å²) in [6, 6.07) is 6.93. The second kappa shape index (κ2) is 5.43. The maximum atomic E-state index is 6.06. The zero-order valence-corrected chi connectivity index (χ0v) is 13.1. The molecular weight excluding hydrogens is 260 g/mol. The van der Waals surface area contributed by atoms with Crippen molar-refractivity contribution >= 4 is 11.4 Å². The number of anilines is 2. The lowest BCUT2D eigenvalue weighted by molar-refractivity contribution is 0.473. The molecule has 0 spiro atoms. The van der Waals surface area contributed by atoms with Gasteiger partial charge in [0.15, 0.2) is 0 Å². The molecule has 0 radical (unpaired) electrons. The zero-order chi connectivity index (χ0) is 15.0. The van der Waals surface area contributed by atoms with Crippen molar-refractivity contribution in [3.8, 4) is 0 Å². The van der Waals surface area contributed by atoms with Crippen LogP contribution in [-0.4, -0.2) is 16.3 Å². The summed E-state index contributed by atoms with van der Waals surface area (Å²) in [5, 5.41) is 4.70. The Morgan fingerprint density at radius 3 is 2.95 bits per heavy atom. The summed E-state index contributed by atoms with van der Waals surface area (Å²) in [4.78, 5) is 2.38. The van der Waals surface area contributed by atoms with Crippen molar-refractivity contribution in [2.75, 3.05) is 17.2 Å². The molecule has 4 nitrogen and oxygen atoms in total. The van der Waals surface area contributed by atoms with E-state index in [2.05, 4.69) is 54.7 Å². The summed E-state index contributed by atoms with van der Waals surface area (Å²) in [5.74, 6) is 0. The first kappa shape index (κ1) is 14.0. The van der Waals surface area contributed by atoms with Gasteiger partial charge in [-0.2, -0.15) is 5.10 Å². The molecule has 0 bridgehead atoms. The summed E-state index contributed by atoms with van der Waals surface area (Å²) < 4.78 is 2.07. The van der Waals surface area contributed by atoms with Crippen LogP contribution in [0.25, 0.3) is 0 Å². The van der Waals surface area contributed by atoms with Crippen LogP contribution in [0.2, 0.25) is 0 Å². The molecule has 112 valence electrons. The smallest absolute Gasteiger partial charge is 0.0817 e. The quantitative estimate of drug-likeness (QED) is 0.876. The van der Waals surface area contributed by atoms with Crippen molar-refractivity contribution in [3.63, 3.8) is 0 Å². The number of aryl methyl sites for hydroxylation is 1. The highest BCUT2D eigenvalue weighted by atomic mass is 15.3. The number of hydrogen-bond acceptors (Lipinski definition) is 3. The number of benzene rings is 1. The van der Waals surface area contributed by atoms with Crippen molar-refractivity contribution in [1.82, 2.24) is 9.78 Å². The largest absolute Gasteiger partial charge is 0.398 e. The molecule has 0 aliphatic carbocycles. The van der Waals surface area contributed by atoms with Crippen LogP contribution in [0.15, 0.2) is 24.4 Å². The van der Waals surface area contributed by atoms with Crippen LogP contribution in [0.3, 0.4) is 0 Å². The number of nitrogen functional groups attached to an aromatic ring is 1. The number of aromatic nitrogens is 2. The van der Waals surface area contributed by atoms with Crippen LogP contribution in [0.5, 0.6) is 0 Å². The third-order valence-corrected chi connectivity index (χ3v) is 4.52. The molecule has 21 heavy (non-hydrogen) atoms. The van der Waals surface area contributed by atoms with Gasteiger partial charge in [-0.25, -0.2) is 0 Å². The Hall–Kier alpha value is -1.97. The maximum Gasteiger partial charge on any atom is 0.0817 e. The van der Waals surface area contributed by atoms with Crippen LogP contribution < -0.4 is 10.6 Å². The van der Waals surface area contributed by atoms with E-state index in [-0.39, 0.29) is 0 Å². The minimum absolute atomic E-state index is 0.461. The van der Waals surface area contributed by atoms with Crippen LogP contribution in [-0.2, 0) is 13.0 Å². The summed E-state index contributed by atoms with van der Waals surface area (Å²) in [6.07, 6.45) is 4.29. The standard InChI is InChI=1S/C17H24N4/c1-4-13(3)21-8-6-15(19-21)11-20-7-5-14-9-12(2)16(18)10-17(14)20/h6,8-10,13H,4-5,7,11,18H2,1-3H3. The normalized spacial score (nSPS) is 15.3. The Morgan fingerprint density at radius 2 is 2.19 bits per heavy atom. The van der Waals surface area contributed by atoms with Gasteiger partial charge in [-0.3, -0.25) is 4.68 Å². The van der Waals surface area contributed by atoms with Gasteiger partial charge in [0.25, 0.3) is 0 Å². The average molecular weight is 284 g/mol. The number of fused-ring (bicyclic) bond motifs is 1. The van der Waals surface area contributed by atoms with Gasteiger partial charge in [0.1, 0.15) is 0 Å². The van der Waals surface area contributed by atoms with E-state index in [0.29, 0.717) is 6.04 Å². The SMILES string of the molecule is CCC(C)n1ccc(CN2CCc3cc(C)c(N)cc32)n1. The zero-order valence-electron chi connectivity index (χ0n) is 13.1. The van der Waals surface area contributed by atoms with Crippen LogP contribution in [0.1, 0.15) is 43.1 Å². The fourth-order valence-electron chi connectivity index (χ4n) is 2.90. The summed E-state index contributed by atoms with van der Waals surface area (Å²) >= 11 is 0. The number of nitrogens with zero attached hydrogens (tertiary/aromatic N) is 3. The van der Waals surface area contributed by atoms with E-state index >= 15 is 0 Å². The van der Waals surface area contributed by atoms with E-state index in [1.807, 2.05) is 0 Å². The summed E-state index contributed by atoms with van der Waals surface area (Å²) in [7, 11) is 0. The fraction of sp³-hybridized carbons (Fsp3) is 0.471. The van der Waals surface area contributed by atoms with Gasteiger partial charge in [0, 0.05) is 30.2 Å². The molecule has 1 unspecified atom stereocenters. The Bertz CT molecular complexity index is 644. The van der Waals surface area contributed by atoms with Gasteiger partial charge in [-0.15, -0.1) is 0 Å². The van der Waals surface area contributed by atoms with Crippen molar-refractivity contribution in [2.45, 2.75) is 46.2 Å². The molecule has 3 rings (SSSR count). The van der Waals surface area contributed by atoms with E-state index < -0.39 is 0 Å². The van der Waals surface area contributed by atoms with Crippen molar-refractivity contribution in [2.24, 2.45) is 0 Å². The highest BCUT2D eigenvalue weighted by Crippen LogP contribution is 2.32. The highest BCUT2D eigenvalue weighted by Gasteiger charge is 2.21. The van der Waals surface area contributed by atoms with Gasteiger partial charge < -0.3 is 10.6 Å². The minimum Gasteiger partial charge on any atom is -0.398 e. The van der Waals surface area contributed by atoms with Gasteiger partial charge in [0.2, 0.25) is 0 Å². The molecule has 0 fully saturated rings. The van der Waals surface area contributed by atoms with Crippen LogP contribution in [0.4, 0.5) is 11.4 Å². The molecule has 2 heterocycles. The molecule has 2 N–H and O–H groups in total. The molecule has 2 aromatic rings. The van der Waals surface area contributed by atoms with E-state index in [0.717, 1.165) is 37.3 Å². The molecule has 1 aliphatic heterocycles. The molecule has 0 saturated carbocycles. The number of nitrogens with two attached hydrogens (primary N) is 1. The minimum atomic E-state index is 0.461. The Kier molecular flexibility index (Phi) is 3.62. The molecule has 4 heteroatoms. The van der Waals surface area contributed by atoms with Crippen molar-refractivity contribution < 1.29 is 0 Å². The van der Waals surface area contributed by atoms with E-state index in [1.165, 1.54) is 16.8 Å². The lowest BCUT2D eigenvalue weighted by Crippen LogP contribution is -2.20. The molecule has 1 aliphatic rings. The molecule has 0 amide bonds. The molecule has 1 aromatic heterocycles. The van der Waals surface area contributed by atoms with Crippen molar-refractivity contribution in [1.29, 1.82) is 0 Å². The Labute approximate surface area is 126 Å². The Balaban J connectivity index is 1.79. The third-order valence-electron chi connectivity index (χ3n) is 4.52. The van der Waals surface area contributed by atoms with Crippen LogP contribution >= 0.6 is 0 Å². The molecule has 0 saturated heterocycles. The predicted octanol–water partition coefficient (Wildman–Crippen LogP) is 3.31. The first-order chi connectivity index (χ1) is 10.1. The number of hydrogen-bond donors (Lipinski definition) is 1. The second-order valence-corrected chi connectivity index (χ2v) is 6.05. The van der Waals surface area contributed by atoms with Gasteiger partial charge in [0.05, 0.1) is 12.2 Å². The molecule has 1 atom stereocenters. The third kappa shape index (κ3) is 2.62. The lowest BCUT2D eigenvalue weighted by Gasteiger charge is -2.19. The van der Waals surface area contributed by atoms with E-state index in [1.54, 1.807) is 0 Å². The van der Waals surface area contributed by atoms with E-state index in [4.69, 9.17) is 10.8 Å². The molecular formula is C17H24N4. The Morgan fingerprint density at radius 1 is 1.38 bits per heavy atom. The fourth-order valence-corrected chi connectivity index (χ4v) is 2.90. The second-order valence-electron chi connectivity index (χ2n) is 6.05. The first-order valence-corrected chi connectivity index (χ1v) is 7.76. The van der Waals surface area contributed by atoms with Crippen LogP contribution in [0, 0.1) is 6.92 Å². The first-order valence-electron chi connectivity index (χ1n) is 7.76. The maximum absolute atomic E-state index is 6.06. The number of rotatable bonds is 4. The van der Waals surface area contributed by atoms with Gasteiger partial charge in [-0.05, 0) is 49.9 Å². The van der Waals surface area contributed by atoms with Crippen molar-refractivity contribution in [3.05, 3.63) is 41.2 Å². The monoisotopic (exact) mass is 284 g/mol.